The highest BCUT2D eigenvalue weighted by Crippen LogP contribution is 2.17. The summed E-state index contributed by atoms with van der Waals surface area (Å²) in [7, 11) is 0. The van der Waals surface area contributed by atoms with Crippen LogP contribution in [0, 0.1) is 0 Å². The first-order valence-corrected chi connectivity index (χ1v) is 5.62. The lowest BCUT2D eigenvalue weighted by Gasteiger charge is -2.08. The molecule has 0 saturated carbocycles. The van der Waals surface area contributed by atoms with Crippen molar-refractivity contribution >= 4 is 11.6 Å². The highest BCUT2D eigenvalue weighted by atomic mass is 16.1. The zero-order chi connectivity index (χ0) is 12.5. The summed E-state index contributed by atoms with van der Waals surface area (Å²) in [5, 5.41) is 4.13. The van der Waals surface area contributed by atoms with Gasteiger partial charge in [-0.2, -0.15) is 5.10 Å². The minimum Gasteiger partial charge on any atom is -0.289 e. The Morgan fingerprint density at radius 1 is 1.00 bits per heavy atom. The summed E-state index contributed by atoms with van der Waals surface area (Å²) in [5.41, 5.74) is 1.81. The Labute approximate surface area is 104 Å². The maximum Gasteiger partial charge on any atom is 0.204 e. The van der Waals surface area contributed by atoms with Crippen LogP contribution in [-0.2, 0) is 6.54 Å². The van der Waals surface area contributed by atoms with Gasteiger partial charge in [-0.3, -0.25) is 14.3 Å². The number of hydrogen-bond acceptors (Lipinski definition) is 3. The summed E-state index contributed by atoms with van der Waals surface area (Å²) in [4.78, 5) is 23.4. The van der Waals surface area contributed by atoms with E-state index >= 15 is 0 Å². The van der Waals surface area contributed by atoms with Crippen LogP contribution in [0.3, 0.4) is 0 Å². The van der Waals surface area contributed by atoms with Crippen molar-refractivity contribution < 1.29 is 9.59 Å². The lowest BCUT2D eigenvalue weighted by atomic mass is 10.0. The van der Waals surface area contributed by atoms with Crippen molar-refractivity contribution in [2.75, 3.05) is 0 Å². The van der Waals surface area contributed by atoms with E-state index in [-0.39, 0.29) is 11.6 Å². The summed E-state index contributed by atoms with van der Waals surface area (Å²) >= 11 is 0. The van der Waals surface area contributed by atoms with E-state index in [1.165, 1.54) is 18.3 Å². The van der Waals surface area contributed by atoms with Gasteiger partial charge in [0, 0.05) is 0 Å². The molecule has 0 spiro atoms. The number of aromatic nitrogens is 2. The molecule has 18 heavy (non-hydrogen) atoms. The van der Waals surface area contributed by atoms with Gasteiger partial charge in [-0.15, -0.1) is 0 Å². The zero-order valence-corrected chi connectivity index (χ0v) is 9.54. The molecule has 1 aliphatic rings. The number of rotatable bonds is 2. The number of fused-ring (bicyclic) bond motifs is 1. The normalized spacial score (nSPS) is 13.8. The molecule has 3 rings (SSSR count). The molecule has 1 aromatic carbocycles. The molecule has 0 aliphatic heterocycles. The first-order chi connectivity index (χ1) is 8.75. The van der Waals surface area contributed by atoms with Crippen LogP contribution in [0.4, 0.5) is 0 Å². The van der Waals surface area contributed by atoms with E-state index in [0.717, 1.165) is 5.56 Å². The number of allylic oxidation sites excluding steroid dienone is 2. The second-order valence-corrected chi connectivity index (χ2v) is 4.11. The average Bonchev–Trinajstić information content (AvgIpc) is 2.80. The van der Waals surface area contributed by atoms with Crippen LogP contribution in [0.1, 0.15) is 26.4 Å². The van der Waals surface area contributed by atoms with Crippen molar-refractivity contribution in [3.8, 4) is 0 Å². The van der Waals surface area contributed by atoms with Crippen molar-refractivity contribution in [1.29, 1.82) is 0 Å². The third-order valence-electron chi connectivity index (χ3n) is 2.90. The van der Waals surface area contributed by atoms with Crippen LogP contribution in [0.5, 0.6) is 0 Å². The highest BCUT2D eigenvalue weighted by molar-refractivity contribution is 6.21. The van der Waals surface area contributed by atoms with Crippen molar-refractivity contribution in [3.05, 3.63) is 65.5 Å². The summed E-state index contributed by atoms with van der Waals surface area (Å²) in [5.74, 6) is -0.332. The lowest BCUT2D eigenvalue weighted by molar-refractivity contribution is 0.0988. The van der Waals surface area contributed by atoms with Gasteiger partial charge in [-0.1, -0.05) is 30.3 Å². The third-order valence-corrected chi connectivity index (χ3v) is 2.90. The molecular weight excluding hydrogens is 228 g/mol. The number of hydrogen-bond donors (Lipinski definition) is 0. The molecule has 1 heterocycles. The minimum absolute atomic E-state index is 0.163. The van der Waals surface area contributed by atoms with Crippen LogP contribution in [0.2, 0.25) is 0 Å². The fourth-order valence-electron chi connectivity index (χ4n) is 2.02. The molecule has 2 aromatic rings. The van der Waals surface area contributed by atoms with Crippen molar-refractivity contribution in [1.82, 2.24) is 9.78 Å². The van der Waals surface area contributed by atoms with Gasteiger partial charge >= 0.3 is 0 Å². The molecule has 0 N–H and O–H groups in total. The van der Waals surface area contributed by atoms with Crippen molar-refractivity contribution in [2.24, 2.45) is 0 Å². The highest BCUT2D eigenvalue weighted by Gasteiger charge is 2.24. The van der Waals surface area contributed by atoms with Crippen molar-refractivity contribution in [3.63, 3.8) is 0 Å². The lowest BCUT2D eigenvalue weighted by Crippen LogP contribution is -2.16. The first-order valence-electron chi connectivity index (χ1n) is 5.62. The van der Waals surface area contributed by atoms with Crippen LogP contribution >= 0.6 is 0 Å². The monoisotopic (exact) mass is 238 g/mol. The summed E-state index contributed by atoms with van der Waals surface area (Å²) < 4.78 is 1.58. The van der Waals surface area contributed by atoms with E-state index < -0.39 is 0 Å². The van der Waals surface area contributed by atoms with Gasteiger partial charge in [0.25, 0.3) is 0 Å². The SMILES string of the molecule is O=C1C=CC(=O)c2c1cnn2Cc1ccccc1. The summed E-state index contributed by atoms with van der Waals surface area (Å²) in [6.07, 6.45) is 4.05. The van der Waals surface area contributed by atoms with Gasteiger partial charge < -0.3 is 0 Å². The summed E-state index contributed by atoms with van der Waals surface area (Å²) in [6, 6.07) is 9.70. The molecule has 0 atom stereocenters. The van der Waals surface area contributed by atoms with Gasteiger partial charge in [0.2, 0.25) is 5.78 Å². The van der Waals surface area contributed by atoms with Crippen LogP contribution in [-0.4, -0.2) is 21.3 Å². The van der Waals surface area contributed by atoms with E-state index in [9.17, 15) is 9.59 Å². The maximum atomic E-state index is 11.8. The third kappa shape index (κ3) is 1.68. The van der Waals surface area contributed by atoms with E-state index in [1.807, 2.05) is 30.3 Å². The molecule has 0 saturated heterocycles. The number of nitrogens with zero attached hydrogens (tertiary/aromatic N) is 2. The Balaban J connectivity index is 2.01. The van der Waals surface area contributed by atoms with E-state index in [4.69, 9.17) is 0 Å². The Bertz CT molecular complexity index is 654. The first kappa shape index (κ1) is 10.7. The zero-order valence-electron chi connectivity index (χ0n) is 9.54. The summed E-state index contributed by atoms with van der Waals surface area (Å²) in [6.45, 7) is 0.489. The Kier molecular flexibility index (Phi) is 2.41. The number of benzene rings is 1. The number of ketones is 2. The van der Waals surface area contributed by atoms with E-state index in [2.05, 4.69) is 5.10 Å². The maximum absolute atomic E-state index is 11.8. The van der Waals surface area contributed by atoms with Gasteiger partial charge in [0.1, 0.15) is 5.69 Å². The largest absolute Gasteiger partial charge is 0.289 e. The van der Waals surface area contributed by atoms with Crippen LogP contribution in [0.15, 0.2) is 48.7 Å². The predicted molar refractivity (Wildman–Crippen MR) is 65.6 cm³/mol. The van der Waals surface area contributed by atoms with E-state index in [0.29, 0.717) is 17.8 Å². The Hall–Kier alpha value is -2.49. The molecule has 0 amide bonds. The molecule has 4 heteroatoms. The minimum atomic E-state index is -0.168. The van der Waals surface area contributed by atoms with Crippen molar-refractivity contribution in [2.45, 2.75) is 6.54 Å². The smallest absolute Gasteiger partial charge is 0.204 e. The van der Waals surface area contributed by atoms with Gasteiger partial charge in [0.15, 0.2) is 5.78 Å². The van der Waals surface area contributed by atoms with E-state index in [1.54, 1.807) is 4.68 Å². The molecule has 4 nitrogen and oxygen atoms in total. The average molecular weight is 238 g/mol. The van der Waals surface area contributed by atoms with Gasteiger partial charge in [-0.25, -0.2) is 0 Å². The molecule has 88 valence electrons. The molecule has 1 aliphatic carbocycles. The quantitative estimate of drug-likeness (QED) is 0.802. The number of carbonyl (C=O) groups excluding carboxylic acids is 2. The van der Waals surface area contributed by atoms with Crippen LogP contribution in [0.25, 0.3) is 0 Å². The van der Waals surface area contributed by atoms with Gasteiger partial charge in [-0.05, 0) is 17.7 Å². The molecule has 0 fully saturated rings. The topological polar surface area (TPSA) is 52.0 Å². The fraction of sp³-hybridized carbons (Fsp3) is 0.0714. The second-order valence-electron chi connectivity index (χ2n) is 4.11. The number of carbonyl (C=O) groups is 2. The molecule has 0 bridgehead atoms. The van der Waals surface area contributed by atoms with Gasteiger partial charge in [0.05, 0.1) is 18.3 Å². The molecular formula is C14H10N2O2. The Morgan fingerprint density at radius 2 is 1.72 bits per heavy atom. The second kappa shape index (κ2) is 4.07. The van der Waals surface area contributed by atoms with Crippen LogP contribution < -0.4 is 0 Å². The molecule has 0 radical (unpaired) electrons. The fourth-order valence-corrected chi connectivity index (χ4v) is 2.02. The standard InChI is InChI=1S/C14H10N2O2/c17-12-6-7-13(18)14-11(12)8-15-16(14)9-10-4-2-1-3-5-10/h1-8H,9H2. The predicted octanol–water partition coefficient (Wildman–Crippen LogP) is 1.87. The Morgan fingerprint density at radius 3 is 2.50 bits per heavy atom. The molecule has 1 aromatic heterocycles. The molecule has 0 unspecified atom stereocenters.